The summed E-state index contributed by atoms with van der Waals surface area (Å²) in [6.07, 6.45) is 0. The van der Waals surface area contributed by atoms with E-state index in [-0.39, 0.29) is 17.2 Å². The molecule has 6 heteroatoms. The first-order chi connectivity index (χ1) is 6.99. The van der Waals surface area contributed by atoms with Gasteiger partial charge in [-0.1, -0.05) is 12.1 Å². The van der Waals surface area contributed by atoms with Gasteiger partial charge in [0.15, 0.2) is 0 Å². The van der Waals surface area contributed by atoms with Crippen LogP contribution in [-0.2, 0) is 4.79 Å². The molecule has 5 nitrogen and oxygen atoms in total. The highest BCUT2D eigenvalue weighted by atomic mass is 35.5. The summed E-state index contributed by atoms with van der Waals surface area (Å²) in [5.74, 6) is -2.60. The van der Waals surface area contributed by atoms with Crippen molar-refractivity contribution in [1.82, 2.24) is 0 Å². The van der Waals surface area contributed by atoms with Gasteiger partial charge >= 0.3 is 11.9 Å². The van der Waals surface area contributed by atoms with E-state index in [2.05, 4.69) is 0 Å². The van der Waals surface area contributed by atoms with Gasteiger partial charge in [0.2, 0.25) is 0 Å². The highest BCUT2D eigenvalue weighted by Gasteiger charge is 2.05. The number of phenols is 1. The van der Waals surface area contributed by atoms with Crippen molar-refractivity contribution < 1.29 is 24.9 Å². The molecule has 0 fully saturated rings. The van der Waals surface area contributed by atoms with E-state index in [0.29, 0.717) is 0 Å². The van der Waals surface area contributed by atoms with Gasteiger partial charge in [-0.25, -0.2) is 4.79 Å². The maximum absolute atomic E-state index is 10.3. The van der Waals surface area contributed by atoms with Gasteiger partial charge in [0.05, 0.1) is 0 Å². The summed E-state index contributed by atoms with van der Waals surface area (Å²) < 4.78 is 0. The Kier molecular flexibility index (Phi) is 5.89. The number of aromatic carboxylic acids is 1. The highest BCUT2D eigenvalue weighted by Crippen LogP contribution is 2.14. The van der Waals surface area contributed by atoms with Gasteiger partial charge in [0, 0.05) is 0 Å². The minimum atomic E-state index is -1.11. The average molecular weight is 233 g/mol. The van der Waals surface area contributed by atoms with Crippen molar-refractivity contribution in [3.8, 4) is 5.75 Å². The monoisotopic (exact) mass is 232 g/mol. The lowest BCUT2D eigenvalue weighted by atomic mass is 10.2. The fourth-order valence-corrected chi connectivity index (χ4v) is 0.654. The molecule has 0 saturated carbocycles. The van der Waals surface area contributed by atoms with E-state index in [9.17, 15) is 9.59 Å². The van der Waals surface area contributed by atoms with E-state index < -0.39 is 11.9 Å². The number of carboxylic acid groups (broad SMARTS) is 2. The standard InChI is InChI=1S/C7H6O3.C2H3ClO2/c8-6-4-2-1-3-5(6)7(9)10;3-1-2(4)5/h1-4,8H,(H,9,10);1H2,(H,4,5). The molecule has 1 aromatic rings. The second kappa shape index (κ2) is 6.67. The summed E-state index contributed by atoms with van der Waals surface area (Å²) in [6.45, 7) is 0. The summed E-state index contributed by atoms with van der Waals surface area (Å²) in [5.41, 5.74) is -0.0671. The molecule has 3 N–H and O–H groups in total. The van der Waals surface area contributed by atoms with Crippen molar-refractivity contribution in [1.29, 1.82) is 0 Å². The van der Waals surface area contributed by atoms with Crippen LogP contribution in [-0.4, -0.2) is 33.1 Å². The van der Waals surface area contributed by atoms with Gasteiger partial charge < -0.3 is 15.3 Å². The third kappa shape index (κ3) is 5.53. The van der Waals surface area contributed by atoms with E-state index in [1.54, 1.807) is 12.1 Å². The normalized spacial score (nSPS) is 8.60. The van der Waals surface area contributed by atoms with Gasteiger partial charge in [-0.15, -0.1) is 11.6 Å². The molecule has 0 atom stereocenters. The van der Waals surface area contributed by atoms with Crippen molar-refractivity contribution in [3.63, 3.8) is 0 Å². The number of para-hydroxylation sites is 1. The Bertz CT molecular complexity index is 350. The third-order valence-corrected chi connectivity index (χ3v) is 1.48. The number of rotatable bonds is 2. The lowest BCUT2D eigenvalue weighted by molar-refractivity contribution is -0.134. The molecule has 1 rings (SSSR count). The van der Waals surface area contributed by atoms with Crippen LogP contribution in [0.3, 0.4) is 0 Å². The zero-order valence-corrected chi connectivity index (χ0v) is 8.31. The number of alkyl halides is 1. The second-order valence-corrected chi connectivity index (χ2v) is 2.62. The Balaban J connectivity index is 0.000000336. The minimum Gasteiger partial charge on any atom is -0.507 e. The molecule has 0 spiro atoms. The fourth-order valence-electron chi connectivity index (χ4n) is 0.654. The Morgan fingerprint density at radius 2 is 1.67 bits per heavy atom. The smallest absolute Gasteiger partial charge is 0.339 e. The molecule has 0 unspecified atom stereocenters. The van der Waals surface area contributed by atoms with Crippen LogP contribution in [0.2, 0.25) is 0 Å². The third-order valence-electron chi connectivity index (χ3n) is 1.25. The lowest BCUT2D eigenvalue weighted by Crippen LogP contribution is -1.95. The summed E-state index contributed by atoms with van der Waals surface area (Å²) >= 11 is 4.74. The van der Waals surface area contributed by atoms with E-state index in [4.69, 9.17) is 26.9 Å². The molecule has 0 radical (unpaired) electrons. The quantitative estimate of drug-likeness (QED) is 0.670. The molecule has 1 aromatic carbocycles. The summed E-state index contributed by atoms with van der Waals surface area (Å²) in [5, 5.41) is 24.9. The number of carboxylic acids is 2. The topological polar surface area (TPSA) is 94.8 Å². The van der Waals surface area contributed by atoms with E-state index >= 15 is 0 Å². The van der Waals surface area contributed by atoms with E-state index in [1.165, 1.54) is 12.1 Å². The number of aliphatic carboxylic acids is 1. The van der Waals surface area contributed by atoms with Crippen molar-refractivity contribution in [2.24, 2.45) is 0 Å². The number of aromatic hydroxyl groups is 1. The molecule has 15 heavy (non-hydrogen) atoms. The van der Waals surface area contributed by atoms with Gasteiger partial charge in [0.25, 0.3) is 0 Å². The first-order valence-electron chi connectivity index (χ1n) is 3.78. The number of hydrogen-bond donors (Lipinski definition) is 3. The Morgan fingerprint density at radius 1 is 1.20 bits per heavy atom. The van der Waals surface area contributed by atoms with Gasteiger partial charge in [0.1, 0.15) is 17.2 Å². The van der Waals surface area contributed by atoms with Crippen LogP contribution >= 0.6 is 11.6 Å². The second-order valence-electron chi connectivity index (χ2n) is 2.35. The van der Waals surface area contributed by atoms with Crippen molar-refractivity contribution in [2.75, 3.05) is 5.88 Å². The molecular formula is C9H9ClO5. The van der Waals surface area contributed by atoms with Gasteiger partial charge in [-0.2, -0.15) is 0 Å². The average Bonchev–Trinajstić information content (AvgIpc) is 2.19. The Hall–Kier alpha value is -1.75. The molecule has 0 heterocycles. The van der Waals surface area contributed by atoms with Crippen molar-refractivity contribution in [2.45, 2.75) is 0 Å². The first-order valence-corrected chi connectivity index (χ1v) is 4.31. The van der Waals surface area contributed by atoms with Gasteiger partial charge in [-0.05, 0) is 12.1 Å². The SMILES string of the molecule is O=C(O)CCl.O=C(O)c1ccccc1O. The number of carbonyl (C=O) groups is 2. The van der Waals surface area contributed by atoms with Crippen LogP contribution in [0.1, 0.15) is 10.4 Å². The largest absolute Gasteiger partial charge is 0.507 e. The minimum absolute atomic E-state index is 0.0671. The molecule has 0 amide bonds. The molecule has 0 aliphatic heterocycles. The molecule has 0 bridgehead atoms. The van der Waals surface area contributed by atoms with Crippen LogP contribution in [0, 0.1) is 0 Å². The van der Waals surface area contributed by atoms with E-state index in [1.807, 2.05) is 0 Å². The zero-order valence-electron chi connectivity index (χ0n) is 7.55. The van der Waals surface area contributed by atoms with Crippen molar-refractivity contribution >= 4 is 23.5 Å². The fraction of sp³-hybridized carbons (Fsp3) is 0.111. The number of hydrogen-bond acceptors (Lipinski definition) is 3. The summed E-state index contributed by atoms with van der Waals surface area (Å²) in [7, 11) is 0. The van der Waals surface area contributed by atoms with Crippen LogP contribution in [0.15, 0.2) is 24.3 Å². The molecule has 0 aliphatic rings. The predicted molar refractivity (Wildman–Crippen MR) is 53.4 cm³/mol. The van der Waals surface area contributed by atoms with Crippen LogP contribution < -0.4 is 0 Å². The molecule has 82 valence electrons. The number of benzene rings is 1. The summed E-state index contributed by atoms with van der Waals surface area (Å²) in [6, 6.07) is 5.81. The predicted octanol–water partition coefficient (Wildman–Crippen LogP) is 1.40. The maximum Gasteiger partial charge on any atom is 0.339 e. The Labute approximate surface area is 90.5 Å². The molecular weight excluding hydrogens is 224 g/mol. The van der Waals surface area contributed by atoms with Crippen LogP contribution in [0.5, 0.6) is 5.75 Å². The van der Waals surface area contributed by atoms with Crippen LogP contribution in [0.25, 0.3) is 0 Å². The van der Waals surface area contributed by atoms with Crippen LogP contribution in [0.4, 0.5) is 0 Å². The molecule has 0 aromatic heterocycles. The maximum atomic E-state index is 10.3. The molecule has 0 aliphatic carbocycles. The Morgan fingerprint density at radius 3 is 1.93 bits per heavy atom. The summed E-state index contributed by atoms with van der Waals surface area (Å²) in [4.78, 5) is 19.5. The first kappa shape index (κ1) is 13.2. The van der Waals surface area contributed by atoms with E-state index in [0.717, 1.165) is 0 Å². The molecule has 0 saturated heterocycles. The highest BCUT2D eigenvalue weighted by molar-refractivity contribution is 6.26. The lowest BCUT2D eigenvalue weighted by Gasteiger charge is -1.95. The zero-order chi connectivity index (χ0) is 11.8. The van der Waals surface area contributed by atoms with Gasteiger partial charge in [-0.3, -0.25) is 4.79 Å². The van der Waals surface area contributed by atoms with Crippen molar-refractivity contribution in [3.05, 3.63) is 29.8 Å². The number of halogens is 1.